The molecule has 1 aromatic carbocycles. The van der Waals surface area contributed by atoms with E-state index in [1.807, 2.05) is 0 Å². The number of hydrogen-bond donors (Lipinski definition) is 1. The van der Waals surface area contributed by atoms with E-state index in [2.05, 4.69) is 35.6 Å². The molecule has 1 aliphatic carbocycles. The first-order valence-corrected chi connectivity index (χ1v) is 7.28. The lowest BCUT2D eigenvalue weighted by Gasteiger charge is -2.43. The first-order valence-electron chi connectivity index (χ1n) is 7.28. The van der Waals surface area contributed by atoms with Gasteiger partial charge in [-0.25, -0.2) is 0 Å². The molecule has 2 aliphatic rings. The fourth-order valence-electron chi connectivity index (χ4n) is 3.26. The molecular weight excluding hydrogens is 222 g/mol. The summed E-state index contributed by atoms with van der Waals surface area (Å²) in [5, 5.41) is 3.70. The van der Waals surface area contributed by atoms with E-state index in [9.17, 15) is 0 Å². The van der Waals surface area contributed by atoms with E-state index < -0.39 is 0 Å². The van der Waals surface area contributed by atoms with Gasteiger partial charge in [-0.15, -0.1) is 0 Å². The molecule has 2 heteroatoms. The van der Waals surface area contributed by atoms with Crippen molar-refractivity contribution >= 4 is 0 Å². The van der Waals surface area contributed by atoms with Gasteiger partial charge in [0.2, 0.25) is 0 Å². The Morgan fingerprint density at radius 1 is 1.11 bits per heavy atom. The molecule has 0 radical (unpaired) electrons. The van der Waals surface area contributed by atoms with Gasteiger partial charge in [0, 0.05) is 12.6 Å². The van der Waals surface area contributed by atoms with Crippen molar-refractivity contribution in [3.05, 3.63) is 35.9 Å². The van der Waals surface area contributed by atoms with Crippen LogP contribution >= 0.6 is 0 Å². The quantitative estimate of drug-likeness (QED) is 0.865. The summed E-state index contributed by atoms with van der Waals surface area (Å²) in [5.41, 5.74) is 1.57. The fourth-order valence-corrected chi connectivity index (χ4v) is 3.26. The number of morpholine rings is 1. The molecular formula is C16H23NO. The minimum absolute atomic E-state index is 0.172. The molecule has 18 heavy (non-hydrogen) atoms. The molecule has 1 aliphatic heterocycles. The third kappa shape index (κ3) is 2.76. The Labute approximate surface area is 110 Å². The third-order valence-electron chi connectivity index (χ3n) is 4.39. The summed E-state index contributed by atoms with van der Waals surface area (Å²) in [6.07, 6.45) is 7.64. The van der Waals surface area contributed by atoms with E-state index in [0.717, 1.165) is 19.6 Å². The molecule has 1 N–H and O–H groups in total. The summed E-state index contributed by atoms with van der Waals surface area (Å²) in [6.45, 7) is 1.92. The van der Waals surface area contributed by atoms with E-state index in [-0.39, 0.29) is 5.60 Å². The average Bonchev–Trinajstić information content (AvgIpc) is 2.44. The smallest absolute Gasteiger partial charge is 0.0807 e. The van der Waals surface area contributed by atoms with Crippen molar-refractivity contribution in [2.75, 3.05) is 13.2 Å². The number of benzene rings is 1. The fraction of sp³-hybridized carbons (Fsp3) is 0.625. The van der Waals surface area contributed by atoms with Crippen molar-refractivity contribution in [3.8, 4) is 0 Å². The summed E-state index contributed by atoms with van der Waals surface area (Å²) in [4.78, 5) is 0. The van der Waals surface area contributed by atoms with Crippen LogP contribution in [-0.4, -0.2) is 24.8 Å². The Kier molecular flexibility index (Phi) is 3.67. The van der Waals surface area contributed by atoms with Crippen LogP contribution in [0.15, 0.2) is 30.3 Å². The van der Waals surface area contributed by atoms with Crippen LogP contribution < -0.4 is 5.32 Å². The second kappa shape index (κ2) is 5.41. The van der Waals surface area contributed by atoms with Crippen LogP contribution in [0.3, 0.4) is 0 Å². The lowest BCUT2D eigenvalue weighted by Crippen LogP contribution is -2.55. The molecule has 0 bridgehead atoms. The maximum atomic E-state index is 6.23. The van der Waals surface area contributed by atoms with Crippen molar-refractivity contribution in [3.63, 3.8) is 0 Å². The van der Waals surface area contributed by atoms with E-state index in [4.69, 9.17) is 4.74 Å². The molecule has 98 valence electrons. The maximum Gasteiger partial charge on any atom is 0.0807 e. The van der Waals surface area contributed by atoms with Gasteiger partial charge < -0.3 is 10.1 Å². The molecule has 0 amide bonds. The second-order valence-corrected chi connectivity index (χ2v) is 5.82. The summed E-state index contributed by atoms with van der Waals surface area (Å²) in [7, 11) is 0. The molecule has 2 fully saturated rings. The zero-order valence-electron chi connectivity index (χ0n) is 11.0. The number of rotatable bonds is 2. The van der Waals surface area contributed by atoms with Crippen LogP contribution in [0.5, 0.6) is 0 Å². The van der Waals surface area contributed by atoms with E-state index in [1.54, 1.807) is 0 Å². The average molecular weight is 245 g/mol. The van der Waals surface area contributed by atoms with Gasteiger partial charge in [-0.05, 0) is 24.8 Å². The highest BCUT2D eigenvalue weighted by Gasteiger charge is 2.36. The molecule has 1 atom stereocenters. The summed E-state index contributed by atoms with van der Waals surface area (Å²) in [6, 6.07) is 11.2. The largest absolute Gasteiger partial charge is 0.372 e. The minimum Gasteiger partial charge on any atom is -0.372 e. The highest BCUT2D eigenvalue weighted by molar-refractivity contribution is 5.16. The summed E-state index contributed by atoms with van der Waals surface area (Å²) >= 11 is 0. The first-order chi connectivity index (χ1) is 8.86. The number of nitrogens with one attached hydrogen (secondary N) is 1. The minimum atomic E-state index is 0.172. The first kappa shape index (κ1) is 12.2. The molecule has 1 heterocycles. The molecule has 1 saturated heterocycles. The standard InChI is InChI=1S/C16H23NO/c1-3-7-14(8-4-1)11-15-12-18-16(13-17-15)9-5-2-6-10-16/h1,3-4,7-8,15,17H,2,5-6,9-13H2. The lowest BCUT2D eigenvalue weighted by atomic mass is 9.83. The van der Waals surface area contributed by atoms with Gasteiger partial charge in [0.15, 0.2) is 0 Å². The van der Waals surface area contributed by atoms with Crippen LogP contribution in [-0.2, 0) is 11.2 Å². The maximum absolute atomic E-state index is 6.23. The number of hydrogen-bond acceptors (Lipinski definition) is 2. The van der Waals surface area contributed by atoms with Gasteiger partial charge >= 0.3 is 0 Å². The van der Waals surface area contributed by atoms with Crippen LogP contribution in [0.1, 0.15) is 37.7 Å². The van der Waals surface area contributed by atoms with Crippen molar-refractivity contribution in [2.45, 2.75) is 50.2 Å². The number of ether oxygens (including phenoxy) is 1. The van der Waals surface area contributed by atoms with E-state index in [1.165, 1.54) is 37.7 Å². The molecule has 1 unspecified atom stereocenters. The van der Waals surface area contributed by atoms with Gasteiger partial charge in [-0.3, -0.25) is 0 Å². The zero-order chi connectivity index (χ0) is 12.3. The van der Waals surface area contributed by atoms with Gasteiger partial charge in [0.1, 0.15) is 0 Å². The van der Waals surface area contributed by atoms with Gasteiger partial charge in [0.25, 0.3) is 0 Å². The zero-order valence-corrected chi connectivity index (χ0v) is 11.0. The predicted octanol–water partition coefficient (Wildman–Crippen LogP) is 2.92. The Morgan fingerprint density at radius 3 is 2.56 bits per heavy atom. The van der Waals surface area contributed by atoms with Gasteiger partial charge in [-0.1, -0.05) is 49.6 Å². The van der Waals surface area contributed by atoms with E-state index >= 15 is 0 Å². The molecule has 1 aromatic rings. The second-order valence-electron chi connectivity index (χ2n) is 5.82. The molecule has 1 saturated carbocycles. The van der Waals surface area contributed by atoms with Crippen molar-refractivity contribution < 1.29 is 4.74 Å². The molecule has 3 rings (SSSR count). The predicted molar refractivity (Wildman–Crippen MR) is 73.7 cm³/mol. The van der Waals surface area contributed by atoms with Crippen molar-refractivity contribution in [1.82, 2.24) is 5.32 Å². The summed E-state index contributed by atoms with van der Waals surface area (Å²) < 4.78 is 6.23. The third-order valence-corrected chi connectivity index (χ3v) is 4.39. The highest BCUT2D eigenvalue weighted by atomic mass is 16.5. The Bertz CT molecular complexity index is 360. The molecule has 2 nitrogen and oxygen atoms in total. The monoisotopic (exact) mass is 245 g/mol. The van der Waals surface area contributed by atoms with Gasteiger partial charge in [0.05, 0.1) is 12.2 Å². The molecule has 0 aromatic heterocycles. The Hall–Kier alpha value is -0.860. The Morgan fingerprint density at radius 2 is 1.89 bits per heavy atom. The Balaban J connectivity index is 1.54. The van der Waals surface area contributed by atoms with E-state index in [0.29, 0.717) is 6.04 Å². The molecule has 1 spiro atoms. The topological polar surface area (TPSA) is 21.3 Å². The highest BCUT2D eigenvalue weighted by Crippen LogP contribution is 2.33. The van der Waals surface area contributed by atoms with Crippen molar-refractivity contribution in [1.29, 1.82) is 0 Å². The SMILES string of the molecule is c1ccc(CC2COC3(CCCCC3)CN2)cc1. The summed E-state index contributed by atoms with van der Waals surface area (Å²) in [5.74, 6) is 0. The van der Waals surface area contributed by atoms with Crippen molar-refractivity contribution in [2.24, 2.45) is 0 Å². The van der Waals surface area contributed by atoms with Crippen LogP contribution in [0, 0.1) is 0 Å². The normalized spacial score (nSPS) is 27.2. The van der Waals surface area contributed by atoms with Gasteiger partial charge in [-0.2, -0.15) is 0 Å². The lowest BCUT2D eigenvalue weighted by molar-refractivity contribution is -0.103. The van der Waals surface area contributed by atoms with Crippen LogP contribution in [0.25, 0.3) is 0 Å². The van der Waals surface area contributed by atoms with Crippen LogP contribution in [0.4, 0.5) is 0 Å². The van der Waals surface area contributed by atoms with Crippen LogP contribution in [0.2, 0.25) is 0 Å².